The van der Waals surface area contributed by atoms with E-state index in [0.717, 1.165) is 22.6 Å². The Morgan fingerprint density at radius 3 is 2.51 bits per heavy atom. The van der Waals surface area contributed by atoms with Gasteiger partial charge in [-0.25, -0.2) is 0 Å². The fourth-order valence-electron chi connectivity index (χ4n) is 5.12. The van der Waals surface area contributed by atoms with Gasteiger partial charge in [-0.1, -0.05) is 53.6 Å². The molecule has 3 aromatic carbocycles. The Morgan fingerprint density at radius 2 is 1.71 bits per heavy atom. The predicted octanol–water partition coefficient (Wildman–Crippen LogP) is 6.73. The van der Waals surface area contributed by atoms with Crippen molar-refractivity contribution in [3.05, 3.63) is 116 Å². The van der Waals surface area contributed by atoms with E-state index < -0.39 is 6.04 Å². The number of fused-ring (bicyclic) bond motifs is 2. The van der Waals surface area contributed by atoms with Crippen LogP contribution in [0.1, 0.15) is 41.5 Å². The van der Waals surface area contributed by atoms with Crippen LogP contribution in [0.3, 0.4) is 0 Å². The molecule has 0 spiro atoms. The summed E-state index contributed by atoms with van der Waals surface area (Å²) in [7, 11) is 0. The highest BCUT2D eigenvalue weighted by Crippen LogP contribution is 2.44. The number of para-hydroxylation sites is 2. The molecule has 174 valence electrons. The molecule has 0 saturated carbocycles. The van der Waals surface area contributed by atoms with Gasteiger partial charge in [0, 0.05) is 22.7 Å². The highest BCUT2D eigenvalue weighted by Gasteiger charge is 2.37. The van der Waals surface area contributed by atoms with Crippen LogP contribution in [0.25, 0.3) is 11.0 Å². The van der Waals surface area contributed by atoms with Crippen molar-refractivity contribution in [1.82, 2.24) is 0 Å². The lowest BCUT2D eigenvalue weighted by atomic mass is 9.78. The monoisotopic (exact) mass is 482 g/mol. The van der Waals surface area contributed by atoms with Gasteiger partial charge in [0.15, 0.2) is 11.2 Å². The third-order valence-electron chi connectivity index (χ3n) is 6.93. The van der Waals surface area contributed by atoms with Crippen LogP contribution in [0, 0.1) is 6.92 Å². The number of carbonyl (C=O) groups is 1. The van der Waals surface area contributed by atoms with Gasteiger partial charge >= 0.3 is 0 Å². The molecule has 1 aliphatic heterocycles. The molecule has 1 aromatic heterocycles. The lowest BCUT2D eigenvalue weighted by molar-refractivity contribution is -0.116. The summed E-state index contributed by atoms with van der Waals surface area (Å²) in [5.74, 6) is 0.0762. The first kappa shape index (κ1) is 21.7. The average Bonchev–Trinajstić information content (AvgIpc) is 3.02. The van der Waals surface area contributed by atoms with Crippen LogP contribution in [0.15, 0.2) is 93.5 Å². The first-order chi connectivity index (χ1) is 17.0. The molecule has 6 heteroatoms. The van der Waals surface area contributed by atoms with Crippen molar-refractivity contribution in [2.75, 3.05) is 10.6 Å². The minimum Gasteiger partial charge on any atom is -0.464 e. The van der Waals surface area contributed by atoms with Crippen LogP contribution < -0.4 is 16.1 Å². The summed E-state index contributed by atoms with van der Waals surface area (Å²) in [6.07, 6.45) is 2.51. The molecule has 0 unspecified atom stereocenters. The number of benzene rings is 3. The highest BCUT2D eigenvalue weighted by atomic mass is 35.5. The molecule has 5 nitrogen and oxygen atoms in total. The first-order valence-electron chi connectivity index (χ1n) is 11.6. The van der Waals surface area contributed by atoms with Crippen LogP contribution in [-0.4, -0.2) is 5.78 Å². The second kappa shape index (κ2) is 8.43. The van der Waals surface area contributed by atoms with E-state index >= 15 is 0 Å². The van der Waals surface area contributed by atoms with Crippen LogP contribution >= 0.6 is 11.6 Å². The number of carbonyl (C=O) groups excluding carboxylic acids is 1. The van der Waals surface area contributed by atoms with Gasteiger partial charge in [0.1, 0.15) is 11.8 Å². The molecule has 35 heavy (non-hydrogen) atoms. The number of rotatable bonds is 2. The second-order valence-corrected chi connectivity index (χ2v) is 9.68. The van der Waals surface area contributed by atoms with Crippen molar-refractivity contribution in [1.29, 1.82) is 0 Å². The van der Waals surface area contributed by atoms with E-state index in [2.05, 4.69) is 41.8 Å². The summed E-state index contributed by atoms with van der Waals surface area (Å²) in [6.45, 7) is 2.05. The average molecular weight is 483 g/mol. The quantitative estimate of drug-likeness (QED) is 0.331. The molecular weight excluding hydrogens is 460 g/mol. The Labute approximate surface area is 207 Å². The van der Waals surface area contributed by atoms with Gasteiger partial charge in [-0.05, 0) is 55.2 Å². The van der Waals surface area contributed by atoms with E-state index in [1.54, 1.807) is 18.2 Å². The molecule has 0 radical (unpaired) electrons. The molecular formula is C29H23ClN2O3. The number of ketones is 1. The van der Waals surface area contributed by atoms with E-state index in [1.807, 2.05) is 24.3 Å². The SMILES string of the molecule is Cc1ccc([C@@H]2CC(=O)C3=C(C2)Nc2ccccc2N[C@@H]3c2coc3ccc(Cl)cc3c2=O)cc1. The van der Waals surface area contributed by atoms with Gasteiger partial charge in [-0.2, -0.15) is 0 Å². The number of nitrogens with one attached hydrogen (secondary N) is 2. The molecule has 6 rings (SSSR count). The fourth-order valence-corrected chi connectivity index (χ4v) is 5.29. The third kappa shape index (κ3) is 3.82. The van der Waals surface area contributed by atoms with E-state index in [9.17, 15) is 9.59 Å². The number of aryl methyl sites for hydroxylation is 1. The van der Waals surface area contributed by atoms with E-state index in [1.165, 1.54) is 11.8 Å². The number of allylic oxidation sites excluding steroid dienone is 1. The maximum absolute atomic E-state index is 13.7. The summed E-state index contributed by atoms with van der Waals surface area (Å²) in [5, 5.41) is 7.81. The van der Waals surface area contributed by atoms with Crippen LogP contribution in [0.2, 0.25) is 5.02 Å². The lowest BCUT2D eigenvalue weighted by Crippen LogP contribution is -2.29. The van der Waals surface area contributed by atoms with Crippen molar-refractivity contribution in [3.63, 3.8) is 0 Å². The lowest BCUT2D eigenvalue weighted by Gasteiger charge is -2.29. The zero-order chi connectivity index (χ0) is 24.1. The smallest absolute Gasteiger partial charge is 0.198 e. The van der Waals surface area contributed by atoms with Gasteiger partial charge in [0.25, 0.3) is 0 Å². The Hall–Kier alpha value is -3.83. The van der Waals surface area contributed by atoms with Crippen LogP contribution in [0.5, 0.6) is 0 Å². The maximum Gasteiger partial charge on any atom is 0.198 e. The third-order valence-corrected chi connectivity index (χ3v) is 7.17. The predicted molar refractivity (Wildman–Crippen MR) is 139 cm³/mol. The molecule has 0 saturated heterocycles. The highest BCUT2D eigenvalue weighted by molar-refractivity contribution is 6.31. The largest absolute Gasteiger partial charge is 0.464 e. The first-order valence-corrected chi connectivity index (χ1v) is 12.0. The Morgan fingerprint density at radius 1 is 0.943 bits per heavy atom. The fraction of sp³-hybridized carbons (Fsp3) is 0.172. The van der Waals surface area contributed by atoms with Crippen molar-refractivity contribution < 1.29 is 9.21 Å². The normalized spacial score (nSPS) is 19.4. The zero-order valence-corrected chi connectivity index (χ0v) is 19.9. The van der Waals surface area contributed by atoms with Crippen molar-refractivity contribution in [2.45, 2.75) is 31.7 Å². The molecule has 2 N–H and O–H groups in total. The number of hydrogen-bond acceptors (Lipinski definition) is 5. The van der Waals surface area contributed by atoms with Crippen LogP contribution in [-0.2, 0) is 4.79 Å². The summed E-state index contributed by atoms with van der Waals surface area (Å²) >= 11 is 6.17. The van der Waals surface area contributed by atoms with Gasteiger partial charge in [0.2, 0.25) is 0 Å². The van der Waals surface area contributed by atoms with Gasteiger partial charge in [-0.15, -0.1) is 0 Å². The minimum atomic E-state index is -0.646. The molecule has 2 aliphatic rings. The molecule has 2 heterocycles. The van der Waals surface area contributed by atoms with Crippen molar-refractivity contribution >= 4 is 39.7 Å². The van der Waals surface area contributed by atoms with Crippen LogP contribution in [0.4, 0.5) is 11.4 Å². The van der Waals surface area contributed by atoms with Gasteiger partial charge in [0.05, 0.1) is 28.4 Å². The maximum atomic E-state index is 13.7. The van der Waals surface area contributed by atoms with Gasteiger partial charge in [-0.3, -0.25) is 9.59 Å². The van der Waals surface area contributed by atoms with Crippen molar-refractivity contribution in [2.24, 2.45) is 0 Å². The van der Waals surface area contributed by atoms with Crippen molar-refractivity contribution in [3.8, 4) is 0 Å². The molecule has 0 fully saturated rings. The topological polar surface area (TPSA) is 71.3 Å². The molecule has 2 atom stereocenters. The Kier molecular flexibility index (Phi) is 5.23. The number of halogens is 1. The standard InChI is InChI=1S/C29H23ClN2O3/c1-16-6-8-17(9-7-16)18-12-24-27(25(33)13-18)28(32-23-5-3-2-4-22(23)31-24)21-15-35-26-11-10-19(30)14-20(26)29(21)34/h2-11,14-15,18,28,31-32H,12-13H2,1H3/t18-,28+/m0/s1. The molecule has 1 aliphatic carbocycles. The summed E-state index contributed by atoms with van der Waals surface area (Å²) in [5.41, 5.74) is 6.06. The molecule has 0 bridgehead atoms. The second-order valence-electron chi connectivity index (χ2n) is 9.24. The number of hydrogen-bond donors (Lipinski definition) is 2. The summed E-state index contributed by atoms with van der Waals surface area (Å²) in [6, 6.07) is 20.5. The van der Waals surface area contributed by atoms with E-state index in [4.69, 9.17) is 16.0 Å². The molecule has 4 aromatic rings. The summed E-state index contributed by atoms with van der Waals surface area (Å²) < 4.78 is 5.82. The Balaban J connectivity index is 1.51. The van der Waals surface area contributed by atoms with E-state index in [0.29, 0.717) is 40.0 Å². The van der Waals surface area contributed by atoms with E-state index in [-0.39, 0.29) is 17.1 Å². The number of Topliss-reactive ketones (excluding diaryl/α,β-unsaturated/α-hetero) is 1. The van der Waals surface area contributed by atoms with Gasteiger partial charge < -0.3 is 15.1 Å². The molecule has 0 amide bonds. The summed E-state index contributed by atoms with van der Waals surface area (Å²) in [4.78, 5) is 27.3. The number of anilines is 2. The zero-order valence-electron chi connectivity index (χ0n) is 19.1. The Bertz CT molecular complexity index is 1570. The minimum absolute atomic E-state index is 0.0141.